The minimum Gasteiger partial charge on any atom is -0.456 e. The van der Waals surface area contributed by atoms with Crippen molar-refractivity contribution in [3.8, 4) is 39.1 Å². The highest BCUT2D eigenvalue weighted by Gasteiger charge is 2.18. The summed E-state index contributed by atoms with van der Waals surface area (Å²) in [4.78, 5) is 2.39. The number of anilines is 3. The van der Waals surface area contributed by atoms with E-state index in [0.717, 1.165) is 61.4 Å². The van der Waals surface area contributed by atoms with E-state index in [1.807, 2.05) is 23.5 Å². The van der Waals surface area contributed by atoms with E-state index in [4.69, 9.17) is 4.42 Å². The monoisotopic (exact) mass is 834 g/mol. The maximum atomic E-state index is 6.16. The number of fused-ring (bicyclic) bond motifs is 9. The highest BCUT2D eigenvalue weighted by molar-refractivity contribution is 7.25. The molecule has 0 N–H and O–H groups in total. The minimum atomic E-state index is 0.903. The van der Waals surface area contributed by atoms with E-state index in [-0.39, 0.29) is 0 Å². The maximum Gasteiger partial charge on any atom is 0.135 e. The molecule has 0 radical (unpaired) electrons. The van der Waals surface area contributed by atoms with Crippen molar-refractivity contribution in [2.45, 2.75) is 0 Å². The SMILES string of the molecule is c1ccc(-n2c3ccccc3c3cc(-c4cccc(N(c5ccc(-c6ccc7oc8ccccc8c7c6)cc5)c5cccc(-c6ccc7sc8ccccc8c7c6)c5)c4)ccc32)cc1. The Labute approximate surface area is 373 Å². The molecule has 3 aromatic heterocycles. The lowest BCUT2D eigenvalue weighted by molar-refractivity contribution is 0.669. The van der Waals surface area contributed by atoms with Gasteiger partial charge < -0.3 is 13.9 Å². The fourth-order valence-corrected chi connectivity index (χ4v) is 10.8. The summed E-state index contributed by atoms with van der Waals surface area (Å²) in [6.07, 6.45) is 0. The summed E-state index contributed by atoms with van der Waals surface area (Å²) in [7, 11) is 0. The van der Waals surface area contributed by atoms with Gasteiger partial charge in [0.05, 0.1) is 11.0 Å². The largest absolute Gasteiger partial charge is 0.456 e. The zero-order valence-corrected chi connectivity index (χ0v) is 35.5. The molecule has 3 nitrogen and oxygen atoms in total. The van der Waals surface area contributed by atoms with Crippen LogP contribution in [-0.2, 0) is 0 Å². The number of hydrogen-bond acceptors (Lipinski definition) is 3. The zero-order valence-electron chi connectivity index (χ0n) is 34.7. The maximum absolute atomic E-state index is 6.16. The summed E-state index contributed by atoms with van der Waals surface area (Å²) in [6.45, 7) is 0. The molecule has 13 aromatic rings. The van der Waals surface area contributed by atoms with Crippen LogP contribution < -0.4 is 4.90 Å². The Bertz CT molecular complexity index is 3910. The van der Waals surface area contributed by atoms with Gasteiger partial charge in [0.15, 0.2) is 0 Å². The lowest BCUT2D eigenvalue weighted by Crippen LogP contribution is -2.10. The topological polar surface area (TPSA) is 21.3 Å². The summed E-state index contributed by atoms with van der Waals surface area (Å²) in [5.74, 6) is 0. The molecule has 0 amide bonds. The Kier molecular flexibility index (Phi) is 8.40. The molecular formula is C60H38N2OS. The first-order chi connectivity index (χ1) is 31.7. The van der Waals surface area contributed by atoms with Crippen LogP contribution in [-0.4, -0.2) is 4.57 Å². The molecule has 13 rings (SSSR count). The third kappa shape index (κ3) is 6.03. The molecule has 0 spiro atoms. The van der Waals surface area contributed by atoms with E-state index in [1.54, 1.807) is 0 Å². The van der Waals surface area contributed by atoms with Crippen molar-refractivity contribution in [2.24, 2.45) is 0 Å². The van der Waals surface area contributed by atoms with E-state index in [2.05, 4.69) is 228 Å². The quantitative estimate of drug-likeness (QED) is 0.159. The fourth-order valence-electron chi connectivity index (χ4n) is 9.72. The van der Waals surface area contributed by atoms with Crippen LogP contribution in [0.2, 0.25) is 0 Å². The average molecular weight is 835 g/mol. The zero-order chi connectivity index (χ0) is 42.1. The highest BCUT2D eigenvalue weighted by atomic mass is 32.1. The van der Waals surface area contributed by atoms with Crippen LogP contribution >= 0.6 is 11.3 Å². The van der Waals surface area contributed by atoms with Crippen molar-refractivity contribution in [3.63, 3.8) is 0 Å². The second-order valence-corrected chi connectivity index (χ2v) is 17.6. The van der Waals surface area contributed by atoms with Crippen LogP contribution in [0.1, 0.15) is 0 Å². The Balaban J connectivity index is 0.935. The lowest BCUT2D eigenvalue weighted by atomic mass is 10.00. The Morgan fingerprint density at radius 3 is 1.66 bits per heavy atom. The molecule has 0 aliphatic rings. The van der Waals surface area contributed by atoms with Crippen LogP contribution in [0.5, 0.6) is 0 Å². The number of thiophene rings is 1. The van der Waals surface area contributed by atoms with Gasteiger partial charge in [0.2, 0.25) is 0 Å². The smallest absolute Gasteiger partial charge is 0.135 e. The second-order valence-electron chi connectivity index (χ2n) is 16.5. The number of para-hydroxylation sites is 3. The lowest BCUT2D eigenvalue weighted by Gasteiger charge is -2.27. The number of benzene rings is 10. The van der Waals surface area contributed by atoms with Gasteiger partial charge in [-0.05, 0) is 137 Å². The first-order valence-electron chi connectivity index (χ1n) is 21.7. The van der Waals surface area contributed by atoms with Crippen molar-refractivity contribution in [1.82, 2.24) is 4.57 Å². The third-order valence-corrected chi connectivity index (χ3v) is 13.9. The molecule has 10 aromatic carbocycles. The van der Waals surface area contributed by atoms with Gasteiger partial charge in [-0.15, -0.1) is 11.3 Å². The van der Waals surface area contributed by atoms with Gasteiger partial charge in [-0.25, -0.2) is 0 Å². The normalized spacial score (nSPS) is 11.8. The molecule has 0 aliphatic carbocycles. The van der Waals surface area contributed by atoms with Crippen molar-refractivity contribution in [2.75, 3.05) is 4.90 Å². The molecule has 0 saturated heterocycles. The molecular weight excluding hydrogens is 797 g/mol. The molecule has 0 aliphatic heterocycles. The van der Waals surface area contributed by atoms with Crippen LogP contribution in [0.25, 0.3) is 103 Å². The predicted octanol–water partition coefficient (Wildman–Crippen LogP) is 17.5. The van der Waals surface area contributed by atoms with Crippen LogP contribution in [0.4, 0.5) is 17.1 Å². The molecule has 0 atom stereocenters. The Morgan fingerprint density at radius 2 is 0.859 bits per heavy atom. The van der Waals surface area contributed by atoms with E-state index in [9.17, 15) is 0 Å². The summed E-state index contributed by atoms with van der Waals surface area (Å²) in [6, 6.07) is 83.6. The standard InChI is InChI=1S/C60H38N2OS/c1-2-14-45(15-3-1)62-55-21-7-4-18-49(55)52-36-43(26-31-56(52)62)40-12-10-16-47(34-40)61(46-29-24-39(25-30-46)42-27-32-58-53(37-42)50-19-5-8-22-57(50)63-58)48-17-11-13-41(35-48)44-28-33-60-54(38-44)51-20-6-9-23-59(51)64-60/h1-38H. The Morgan fingerprint density at radius 1 is 0.312 bits per heavy atom. The highest BCUT2D eigenvalue weighted by Crippen LogP contribution is 2.42. The molecule has 64 heavy (non-hydrogen) atoms. The number of rotatable bonds is 7. The summed E-state index contributed by atoms with van der Waals surface area (Å²) >= 11 is 1.86. The van der Waals surface area contributed by atoms with E-state index < -0.39 is 0 Å². The minimum absolute atomic E-state index is 0.903. The van der Waals surface area contributed by atoms with Gasteiger partial charge in [-0.1, -0.05) is 127 Å². The third-order valence-electron chi connectivity index (χ3n) is 12.8. The van der Waals surface area contributed by atoms with Gasteiger partial charge in [0.25, 0.3) is 0 Å². The van der Waals surface area contributed by atoms with Gasteiger partial charge >= 0.3 is 0 Å². The number of hydrogen-bond donors (Lipinski definition) is 0. The van der Waals surface area contributed by atoms with Gasteiger partial charge in [0.1, 0.15) is 11.2 Å². The molecule has 4 heteroatoms. The number of aromatic nitrogens is 1. The first-order valence-corrected chi connectivity index (χ1v) is 22.5. The molecule has 0 bridgehead atoms. The first kappa shape index (κ1) is 36.5. The molecule has 300 valence electrons. The average Bonchev–Trinajstić information content (AvgIpc) is 4.04. The molecule has 0 fully saturated rings. The predicted molar refractivity (Wildman–Crippen MR) is 272 cm³/mol. The summed E-state index contributed by atoms with van der Waals surface area (Å²) in [5, 5.41) is 7.35. The fraction of sp³-hybridized carbons (Fsp3) is 0. The summed E-state index contributed by atoms with van der Waals surface area (Å²) in [5.41, 5.74) is 15.6. The van der Waals surface area contributed by atoms with E-state index in [0.29, 0.717) is 0 Å². The van der Waals surface area contributed by atoms with Crippen LogP contribution in [0.15, 0.2) is 235 Å². The summed E-state index contributed by atoms with van der Waals surface area (Å²) < 4.78 is 11.2. The Hall–Kier alpha value is -8.18. The van der Waals surface area contributed by atoms with E-state index in [1.165, 1.54) is 58.7 Å². The van der Waals surface area contributed by atoms with Crippen molar-refractivity contribution in [1.29, 1.82) is 0 Å². The molecule has 0 unspecified atom stereocenters. The molecule has 0 saturated carbocycles. The van der Waals surface area contributed by atoms with Gasteiger partial charge in [-0.2, -0.15) is 0 Å². The van der Waals surface area contributed by atoms with Crippen LogP contribution in [0.3, 0.4) is 0 Å². The number of furan rings is 1. The van der Waals surface area contributed by atoms with Crippen molar-refractivity contribution >= 4 is 92.3 Å². The van der Waals surface area contributed by atoms with E-state index >= 15 is 0 Å². The van der Waals surface area contributed by atoms with Gasteiger partial charge in [0, 0.05) is 64.5 Å². The molecule has 3 heterocycles. The number of nitrogens with zero attached hydrogens (tertiary/aromatic N) is 2. The van der Waals surface area contributed by atoms with Crippen molar-refractivity contribution < 1.29 is 4.42 Å². The van der Waals surface area contributed by atoms with Crippen molar-refractivity contribution in [3.05, 3.63) is 231 Å². The second kappa shape index (κ2) is 14.7. The van der Waals surface area contributed by atoms with Crippen LogP contribution in [0, 0.1) is 0 Å². The van der Waals surface area contributed by atoms with Gasteiger partial charge in [-0.3, -0.25) is 0 Å².